The van der Waals surface area contributed by atoms with Crippen LogP contribution in [0.15, 0.2) is 0 Å². The molecule has 102 valence electrons. The highest BCUT2D eigenvalue weighted by atomic mass is 14.9. The van der Waals surface area contributed by atoms with Crippen LogP contribution >= 0.6 is 0 Å². The van der Waals surface area contributed by atoms with Crippen LogP contribution in [0.2, 0.25) is 0 Å². The van der Waals surface area contributed by atoms with E-state index in [9.17, 15) is 0 Å². The van der Waals surface area contributed by atoms with Crippen LogP contribution in [-0.4, -0.2) is 18.1 Å². The van der Waals surface area contributed by atoms with Crippen LogP contribution in [0.25, 0.3) is 0 Å². The third-order valence-electron chi connectivity index (χ3n) is 1.73. The van der Waals surface area contributed by atoms with E-state index in [0.29, 0.717) is 18.1 Å². The fraction of sp³-hybridized carbons (Fsp3) is 1.00. The van der Waals surface area contributed by atoms with E-state index in [1.54, 1.807) is 0 Å². The molecule has 0 spiro atoms. The summed E-state index contributed by atoms with van der Waals surface area (Å²) in [5, 5.41) is 3.39. The second-order valence-corrected chi connectivity index (χ2v) is 4.87. The average Bonchev–Trinajstić information content (AvgIpc) is 2.16. The Morgan fingerprint density at radius 3 is 1.25 bits per heavy atom. The minimum absolute atomic E-state index is 0.333. The lowest BCUT2D eigenvalue weighted by atomic mass is 10.2. The van der Waals surface area contributed by atoms with Crippen LogP contribution < -0.4 is 11.1 Å². The summed E-state index contributed by atoms with van der Waals surface area (Å²) < 4.78 is 0. The van der Waals surface area contributed by atoms with Crippen molar-refractivity contribution in [2.24, 2.45) is 5.73 Å². The van der Waals surface area contributed by atoms with E-state index in [4.69, 9.17) is 5.73 Å². The number of hydrogen-bond acceptors (Lipinski definition) is 2. The molecule has 0 bridgehead atoms. The van der Waals surface area contributed by atoms with E-state index < -0.39 is 0 Å². The van der Waals surface area contributed by atoms with Gasteiger partial charge in [-0.05, 0) is 19.4 Å². The van der Waals surface area contributed by atoms with Gasteiger partial charge in [-0.1, -0.05) is 61.3 Å². The number of rotatable bonds is 4. The van der Waals surface area contributed by atoms with Gasteiger partial charge in [0.25, 0.3) is 0 Å². The van der Waals surface area contributed by atoms with Crippen molar-refractivity contribution in [1.82, 2.24) is 5.32 Å². The molecule has 0 fully saturated rings. The Kier molecular flexibility index (Phi) is 23.0. The van der Waals surface area contributed by atoms with Crippen LogP contribution in [0, 0.1) is 0 Å². The quantitative estimate of drug-likeness (QED) is 0.770. The van der Waals surface area contributed by atoms with Crippen molar-refractivity contribution in [3.63, 3.8) is 0 Å². The Morgan fingerprint density at radius 1 is 0.875 bits per heavy atom. The lowest BCUT2D eigenvalue weighted by Crippen LogP contribution is -2.31. The fourth-order valence-electron chi connectivity index (χ4n) is 0.687. The Balaban J connectivity index is -0.000000179. The van der Waals surface area contributed by atoms with Crippen LogP contribution in [0.3, 0.4) is 0 Å². The van der Waals surface area contributed by atoms with E-state index in [2.05, 4.69) is 46.9 Å². The SMILES string of the molecule is CC(C)N.CCC(C)NC(C)C.CCCC. The summed E-state index contributed by atoms with van der Waals surface area (Å²) in [6, 6.07) is 1.64. The zero-order valence-corrected chi connectivity index (χ0v) is 12.9. The first-order valence-electron chi connectivity index (χ1n) is 6.83. The van der Waals surface area contributed by atoms with Gasteiger partial charge in [0.2, 0.25) is 0 Å². The van der Waals surface area contributed by atoms with Crippen LogP contribution in [0.5, 0.6) is 0 Å². The van der Waals surface area contributed by atoms with Gasteiger partial charge in [-0.25, -0.2) is 0 Å². The van der Waals surface area contributed by atoms with Gasteiger partial charge in [0.15, 0.2) is 0 Å². The Labute approximate surface area is 104 Å². The van der Waals surface area contributed by atoms with Gasteiger partial charge in [0.1, 0.15) is 0 Å². The van der Waals surface area contributed by atoms with Crippen molar-refractivity contribution in [3.8, 4) is 0 Å². The summed E-state index contributed by atoms with van der Waals surface area (Å²) in [6.07, 6.45) is 3.86. The average molecular weight is 232 g/mol. The van der Waals surface area contributed by atoms with Crippen molar-refractivity contribution in [3.05, 3.63) is 0 Å². The standard InChI is InChI=1S/C7H17N.C4H10.C3H9N/c1-5-7(4)8-6(2)3;1-3-4-2;1-3(2)4/h6-8H,5H2,1-4H3;3-4H2,1-2H3;3H,4H2,1-2H3. The number of nitrogens with one attached hydrogen (secondary N) is 1. The molecule has 0 aromatic heterocycles. The van der Waals surface area contributed by atoms with Gasteiger partial charge in [-0.3, -0.25) is 0 Å². The van der Waals surface area contributed by atoms with Crippen LogP contribution in [0.1, 0.15) is 74.7 Å². The summed E-state index contributed by atoms with van der Waals surface area (Å²) in [5.74, 6) is 0. The van der Waals surface area contributed by atoms with E-state index in [1.165, 1.54) is 19.3 Å². The summed E-state index contributed by atoms with van der Waals surface area (Å²) in [6.45, 7) is 17.0. The summed E-state index contributed by atoms with van der Waals surface area (Å²) in [5.41, 5.74) is 5.11. The van der Waals surface area contributed by atoms with Gasteiger partial charge in [0.05, 0.1) is 0 Å². The van der Waals surface area contributed by atoms with E-state index in [-0.39, 0.29) is 0 Å². The maximum atomic E-state index is 5.11. The summed E-state index contributed by atoms with van der Waals surface area (Å²) in [7, 11) is 0. The maximum absolute atomic E-state index is 5.11. The van der Waals surface area contributed by atoms with E-state index in [1.807, 2.05) is 13.8 Å². The molecular weight excluding hydrogens is 196 g/mol. The normalized spacial score (nSPS) is 11.4. The third-order valence-corrected chi connectivity index (χ3v) is 1.73. The molecule has 16 heavy (non-hydrogen) atoms. The molecule has 1 unspecified atom stereocenters. The Morgan fingerprint density at radius 2 is 1.19 bits per heavy atom. The molecule has 3 N–H and O–H groups in total. The number of hydrogen-bond donors (Lipinski definition) is 2. The molecule has 0 aliphatic heterocycles. The Bertz CT molecular complexity index is 96.2. The van der Waals surface area contributed by atoms with Gasteiger partial charge in [-0.2, -0.15) is 0 Å². The van der Waals surface area contributed by atoms with E-state index in [0.717, 1.165) is 0 Å². The predicted octanol–water partition coefficient (Wildman–Crippen LogP) is 3.94. The maximum Gasteiger partial charge on any atom is 0.00384 e. The van der Waals surface area contributed by atoms with Gasteiger partial charge < -0.3 is 11.1 Å². The third kappa shape index (κ3) is 48.5. The second-order valence-electron chi connectivity index (χ2n) is 4.87. The molecule has 2 heteroatoms. The smallest absolute Gasteiger partial charge is 0.00384 e. The first kappa shape index (κ1) is 21.2. The Hall–Kier alpha value is -0.0800. The highest BCUT2D eigenvalue weighted by Crippen LogP contribution is 1.89. The van der Waals surface area contributed by atoms with Gasteiger partial charge in [-0.15, -0.1) is 0 Å². The molecule has 0 saturated heterocycles. The molecule has 1 atom stereocenters. The monoisotopic (exact) mass is 232 g/mol. The van der Waals surface area contributed by atoms with Crippen molar-refractivity contribution < 1.29 is 0 Å². The first-order valence-corrected chi connectivity index (χ1v) is 6.83. The highest BCUT2D eigenvalue weighted by molar-refractivity contribution is 4.60. The van der Waals surface area contributed by atoms with E-state index >= 15 is 0 Å². The lowest BCUT2D eigenvalue weighted by molar-refractivity contribution is 0.479. The molecule has 0 saturated carbocycles. The first-order chi connectivity index (χ1) is 7.31. The van der Waals surface area contributed by atoms with Crippen LogP contribution in [-0.2, 0) is 0 Å². The molecule has 0 aliphatic rings. The predicted molar refractivity (Wildman–Crippen MR) is 77.9 cm³/mol. The van der Waals surface area contributed by atoms with Crippen LogP contribution in [0.4, 0.5) is 0 Å². The van der Waals surface area contributed by atoms with Gasteiger partial charge in [0, 0.05) is 12.1 Å². The fourth-order valence-corrected chi connectivity index (χ4v) is 0.687. The topological polar surface area (TPSA) is 38.0 Å². The molecule has 0 heterocycles. The molecule has 0 radical (unpaired) electrons. The van der Waals surface area contributed by atoms with Crippen molar-refractivity contribution in [2.45, 2.75) is 92.8 Å². The number of unbranched alkanes of at least 4 members (excludes halogenated alkanes) is 1. The van der Waals surface area contributed by atoms with Crippen molar-refractivity contribution in [1.29, 1.82) is 0 Å². The van der Waals surface area contributed by atoms with Crippen molar-refractivity contribution >= 4 is 0 Å². The molecule has 0 amide bonds. The molecule has 2 nitrogen and oxygen atoms in total. The minimum atomic E-state index is 0.333. The molecule has 0 aromatic rings. The zero-order chi connectivity index (χ0) is 13.6. The molecule has 0 rings (SSSR count). The molecule has 0 aliphatic carbocycles. The lowest BCUT2D eigenvalue weighted by Gasteiger charge is -2.13. The minimum Gasteiger partial charge on any atom is -0.328 e. The molecular formula is C14H36N2. The number of nitrogens with two attached hydrogens (primary N) is 1. The van der Waals surface area contributed by atoms with Gasteiger partial charge >= 0.3 is 0 Å². The summed E-state index contributed by atoms with van der Waals surface area (Å²) >= 11 is 0. The second kappa shape index (κ2) is 17.3. The summed E-state index contributed by atoms with van der Waals surface area (Å²) in [4.78, 5) is 0. The largest absolute Gasteiger partial charge is 0.328 e. The highest BCUT2D eigenvalue weighted by Gasteiger charge is 1.97. The zero-order valence-electron chi connectivity index (χ0n) is 12.9. The molecule has 0 aromatic carbocycles. The van der Waals surface area contributed by atoms with Crippen molar-refractivity contribution in [2.75, 3.05) is 0 Å².